The van der Waals surface area contributed by atoms with E-state index in [-0.39, 0.29) is 22.9 Å². The minimum absolute atomic E-state index is 0.0309. The first-order valence-electron chi connectivity index (χ1n) is 8.79. The van der Waals surface area contributed by atoms with Gasteiger partial charge in [0.1, 0.15) is 13.7 Å². The molecule has 0 radical (unpaired) electrons. The zero-order valence-electron chi connectivity index (χ0n) is 15.9. The number of hydrogen-bond acceptors (Lipinski definition) is 2. The highest BCUT2D eigenvalue weighted by Crippen LogP contribution is 2.29. The molecule has 1 N–H and O–H groups in total. The fourth-order valence-corrected chi connectivity index (χ4v) is 3.18. The zero-order valence-corrected chi connectivity index (χ0v) is 16.6. The molecule has 0 fully saturated rings. The molecular weight excluding hydrogens is 362 g/mol. The molecule has 3 nitrogen and oxygen atoms in total. The van der Waals surface area contributed by atoms with Crippen LogP contribution in [0.15, 0.2) is 42.5 Å². The predicted octanol–water partition coefficient (Wildman–Crippen LogP) is 3.41. The lowest BCUT2D eigenvalue weighted by molar-refractivity contribution is -0.121. The maximum Gasteiger partial charge on any atom is 0.224 e. The summed E-state index contributed by atoms with van der Waals surface area (Å²) < 4.78 is 13.6. The monoisotopic (exact) mass is 382 g/mol. The van der Waals surface area contributed by atoms with Crippen LogP contribution in [0.2, 0.25) is 5.02 Å². The highest BCUT2D eigenvalue weighted by atomic mass is 35.5. The molecule has 1 aromatic heterocycles. The maximum absolute atomic E-state index is 13.6. The standard InChI is InChI=1S/C21H21BClFN2O/c1-21(2,3)26-19(27)11-14-8-13-9-15(22)5-7-18(13)25-20(14)12-4-6-17(24)16(23)10-12/h4-10H,11,22H2,1-3H3,(H,26,27). The number of carbonyl (C=O) groups excluding carboxylic acids is 1. The van der Waals surface area contributed by atoms with Crippen molar-refractivity contribution in [3.8, 4) is 11.3 Å². The van der Waals surface area contributed by atoms with Crippen LogP contribution >= 0.6 is 11.6 Å². The molecule has 6 heteroatoms. The Bertz CT molecular complexity index is 1030. The van der Waals surface area contributed by atoms with Gasteiger partial charge in [0.15, 0.2) is 0 Å². The molecule has 138 valence electrons. The van der Waals surface area contributed by atoms with E-state index in [0.29, 0.717) is 11.3 Å². The third-order valence-electron chi connectivity index (χ3n) is 4.11. The fraction of sp³-hybridized carbons (Fsp3) is 0.238. The average molecular weight is 383 g/mol. The quantitative estimate of drug-likeness (QED) is 0.705. The van der Waals surface area contributed by atoms with Crippen molar-refractivity contribution in [1.29, 1.82) is 0 Å². The van der Waals surface area contributed by atoms with Gasteiger partial charge in [-0.3, -0.25) is 4.79 Å². The number of hydrogen-bond donors (Lipinski definition) is 1. The van der Waals surface area contributed by atoms with Crippen LogP contribution in [-0.2, 0) is 11.2 Å². The normalized spacial score (nSPS) is 11.6. The van der Waals surface area contributed by atoms with Gasteiger partial charge in [-0.25, -0.2) is 9.37 Å². The second kappa shape index (κ2) is 7.32. The van der Waals surface area contributed by atoms with Crippen LogP contribution in [0.4, 0.5) is 4.39 Å². The summed E-state index contributed by atoms with van der Waals surface area (Å²) in [5.74, 6) is -0.574. The first-order chi connectivity index (χ1) is 12.6. The van der Waals surface area contributed by atoms with E-state index in [1.165, 1.54) is 6.07 Å². The third kappa shape index (κ3) is 4.66. The third-order valence-corrected chi connectivity index (χ3v) is 4.40. The van der Waals surface area contributed by atoms with E-state index in [0.717, 1.165) is 21.9 Å². The Morgan fingerprint density at radius 3 is 2.59 bits per heavy atom. The van der Waals surface area contributed by atoms with Crippen LogP contribution < -0.4 is 10.8 Å². The van der Waals surface area contributed by atoms with Gasteiger partial charge < -0.3 is 5.32 Å². The van der Waals surface area contributed by atoms with Gasteiger partial charge >= 0.3 is 0 Å². The molecule has 2 aromatic carbocycles. The number of nitrogens with zero attached hydrogens (tertiary/aromatic N) is 1. The van der Waals surface area contributed by atoms with E-state index >= 15 is 0 Å². The number of benzene rings is 2. The summed E-state index contributed by atoms with van der Waals surface area (Å²) in [6, 6.07) is 12.4. The molecule has 1 amide bonds. The predicted molar refractivity (Wildman–Crippen MR) is 112 cm³/mol. The van der Waals surface area contributed by atoms with Crippen molar-refractivity contribution in [2.24, 2.45) is 0 Å². The minimum Gasteiger partial charge on any atom is -0.351 e. The number of amides is 1. The smallest absolute Gasteiger partial charge is 0.224 e. The van der Waals surface area contributed by atoms with Gasteiger partial charge in [-0.2, -0.15) is 0 Å². The molecule has 0 aliphatic heterocycles. The van der Waals surface area contributed by atoms with E-state index in [4.69, 9.17) is 16.6 Å². The molecule has 1 heterocycles. The van der Waals surface area contributed by atoms with Crippen LogP contribution in [0, 0.1) is 5.82 Å². The van der Waals surface area contributed by atoms with Crippen molar-refractivity contribution in [2.75, 3.05) is 0 Å². The Hall–Kier alpha value is -2.40. The topological polar surface area (TPSA) is 42.0 Å². The summed E-state index contributed by atoms with van der Waals surface area (Å²) in [5, 5.41) is 3.97. The van der Waals surface area contributed by atoms with Crippen molar-refractivity contribution in [1.82, 2.24) is 10.3 Å². The molecule has 0 saturated heterocycles. The van der Waals surface area contributed by atoms with Crippen molar-refractivity contribution in [2.45, 2.75) is 32.7 Å². The van der Waals surface area contributed by atoms with Crippen molar-refractivity contribution < 1.29 is 9.18 Å². The van der Waals surface area contributed by atoms with Crippen LogP contribution in [-0.4, -0.2) is 24.3 Å². The van der Waals surface area contributed by atoms with Crippen molar-refractivity contribution in [3.05, 3.63) is 58.9 Å². The van der Waals surface area contributed by atoms with Crippen molar-refractivity contribution >= 4 is 41.7 Å². The minimum atomic E-state index is -0.483. The molecule has 0 saturated carbocycles. The van der Waals surface area contributed by atoms with E-state index < -0.39 is 5.82 Å². The highest BCUT2D eigenvalue weighted by Gasteiger charge is 2.18. The molecule has 0 bridgehead atoms. The second-order valence-corrected chi connectivity index (χ2v) is 8.20. The summed E-state index contributed by atoms with van der Waals surface area (Å²) in [4.78, 5) is 17.3. The largest absolute Gasteiger partial charge is 0.351 e. The Kier molecular flexibility index (Phi) is 5.25. The molecule has 0 atom stereocenters. The highest BCUT2D eigenvalue weighted by molar-refractivity contribution is 6.33. The van der Waals surface area contributed by atoms with Crippen molar-refractivity contribution in [3.63, 3.8) is 0 Å². The van der Waals surface area contributed by atoms with Crippen LogP contribution in [0.25, 0.3) is 22.2 Å². The van der Waals surface area contributed by atoms with E-state index in [9.17, 15) is 9.18 Å². The molecule has 0 aliphatic carbocycles. The summed E-state index contributed by atoms with van der Waals surface area (Å²) >= 11 is 5.97. The fourth-order valence-electron chi connectivity index (χ4n) is 3.00. The first kappa shape index (κ1) is 19.4. The lowest BCUT2D eigenvalue weighted by Gasteiger charge is -2.21. The lowest BCUT2D eigenvalue weighted by atomic mass is 9.93. The van der Waals surface area contributed by atoms with Gasteiger partial charge in [0.05, 0.1) is 22.7 Å². The first-order valence-corrected chi connectivity index (χ1v) is 9.17. The molecular formula is C21H21BClFN2O. The summed E-state index contributed by atoms with van der Waals surface area (Å²) in [7, 11) is 2.01. The number of halogens is 2. The van der Waals surface area contributed by atoms with Gasteiger partial charge in [-0.1, -0.05) is 29.2 Å². The lowest BCUT2D eigenvalue weighted by Crippen LogP contribution is -2.41. The number of aromatic nitrogens is 1. The number of nitrogens with one attached hydrogen (secondary N) is 1. The molecule has 0 aliphatic rings. The van der Waals surface area contributed by atoms with Crippen LogP contribution in [0.5, 0.6) is 0 Å². The summed E-state index contributed by atoms with van der Waals surface area (Å²) in [6.07, 6.45) is 0.179. The average Bonchev–Trinajstić information content (AvgIpc) is 2.55. The van der Waals surface area contributed by atoms with E-state index in [1.54, 1.807) is 12.1 Å². The van der Waals surface area contributed by atoms with Crippen LogP contribution in [0.1, 0.15) is 26.3 Å². The molecule has 0 unspecified atom stereocenters. The van der Waals surface area contributed by atoms with Gasteiger partial charge in [-0.15, -0.1) is 0 Å². The zero-order chi connectivity index (χ0) is 19.8. The van der Waals surface area contributed by atoms with E-state index in [2.05, 4.69) is 5.32 Å². The number of pyridine rings is 1. The maximum atomic E-state index is 13.6. The Labute approximate surface area is 164 Å². The molecule has 3 aromatic rings. The molecule has 0 spiro atoms. The Balaban J connectivity index is 2.12. The Morgan fingerprint density at radius 1 is 1.19 bits per heavy atom. The number of carbonyl (C=O) groups is 1. The van der Waals surface area contributed by atoms with Gasteiger partial charge in [-0.05, 0) is 62.1 Å². The SMILES string of the molecule is Bc1ccc2nc(-c3ccc(F)c(Cl)c3)c(CC(=O)NC(C)(C)C)cc2c1. The number of fused-ring (bicyclic) bond motifs is 1. The molecule has 3 rings (SSSR count). The van der Waals surface area contributed by atoms with Gasteiger partial charge in [0.25, 0.3) is 0 Å². The number of rotatable bonds is 3. The second-order valence-electron chi connectivity index (χ2n) is 7.80. The molecule has 27 heavy (non-hydrogen) atoms. The summed E-state index contributed by atoms with van der Waals surface area (Å²) in [5.41, 5.74) is 3.71. The van der Waals surface area contributed by atoms with Gasteiger partial charge in [0, 0.05) is 11.1 Å². The Morgan fingerprint density at radius 2 is 1.93 bits per heavy atom. The van der Waals surface area contributed by atoms with Gasteiger partial charge in [0.2, 0.25) is 5.91 Å². The van der Waals surface area contributed by atoms with E-state index in [1.807, 2.05) is 52.9 Å². The van der Waals surface area contributed by atoms with Crippen LogP contribution in [0.3, 0.4) is 0 Å². The summed E-state index contributed by atoms with van der Waals surface area (Å²) in [6.45, 7) is 5.81.